The van der Waals surface area contributed by atoms with Gasteiger partial charge in [-0.1, -0.05) is 12.1 Å². The van der Waals surface area contributed by atoms with Gasteiger partial charge in [0.2, 0.25) is 5.91 Å². The molecule has 1 aromatic carbocycles. The zero-order chi connectivity index (χ0) is 17.6. The molecule has 2 fully saturated rings. The van der Waals surface area contributed by atoms with Gasteiger partial charge in [-0.15, -0.1) is 0 Å². The van der Waals surface area contributed by atoms with Crippen LogP contribution in [-0.2, 0) is 4.79 Å². The van der Waals surface area contributed by atoms with E-state index >= 15 is 0 Å². The maximum absolute atomic E-state index is 12.9. The molecule has 0 atom stereocenters. The van der Waals surface area contributed by atoms with E-state index in [-0.39, 0.29) is 11.8 Å². The van der Waals surface area contributed by atoms with Crippen LogP contribution in [0.2, 0.25) is 0 Å². The maximum Gasteiger partial charge on any atom is 0.255 e. The smallest absolute Gasteiger partial charge is 0.255 e. The van der Waals surface area contributed by atoms with Crippen molar-refractivity contribution in [3.63, 3.8) is 0 Å². The Bertz CT molecular complexity index is 613. The first kappa shape index (κ1) is 17.7. The fourth-order valence-electron chi connectivity index (χ4n) is 3.65. The number of hydrogen-bond donors (Lipinski definition) is 1. The first-order chi connectivity index (χ1) is 12.2. The molecule has 0 saturated carbocycles. The highest BCUT2D eigenvalue weighted by Crippen LogP contribution is 2.18. The molecule has 25 heavy (non-hydrogen) atoms. The summed E-state index contributed by atoms with van der Waals surface area (Å²) in [7, 11) is 1.83. The SMILES string of the molecule is CNc1ccccc1C(=O)N1CCCN(CC(=O)N2CCCC2)CC1. The quantitative estimate of drug-likeness (QED) is 0.899. The average molecular weight is 344 g/mol. The van der Waals surface area contributed by atoms with Gasteiger partial charge in [0.25, 0.3) is 5.91 Å². The summed E-state index contributed by atoms with van der Waals surface area (Å²) in [5.74, 6) is 0.301. The summed E-state index contributed by atoms with van der Waals surface area (Å²) in [5, 5.41) is 3.09. The molecule has 136 valence electrons. The third-order valence-corrected chi connectivity index (χ3v) is 5.12. The molecule has 0 aliphatic carbocycles. The van der Waals surface area contributed by atoms with Crippen molar-refractivity contribution in [3.05, 3.63) is 29.8 Å². The van der Waals surface area contributed by atoms with E-state index in [0.29, 0.717) is 18.7 Å². The Hall–Kier alpha value is -2.08. The zero-order valence-electron chi connectivity index (χ0n) is 15.0. The Balaban J connectivity index is 1.57. The van der Waals surface area contributed by atoms with Crippen LogP contribution >= 0.6 is 0 Å². The molecule has 2 amide bonds. The lowest BCUT2D eigenvalue weighted by Gasteiger charge is -2.24. The van der Waals surface area contributed by atoms with Crippen molar-refractivity contribution in [1.29, 1.82) is 0 Å². The Morgan fingerprint density at radius 1 is 0.920 bits per heavy atom. The molecule has 1 N–H and O–H groups in total. The lowest BCUT2D eigenvalue weighted by molar-refractivity contribution is -0.131. The van der Waals surface area contributed by atoms with Crippen molar-refractivity contribution in [2.24, 2.45) is 0 Å². The van der Waals surface area contributed by atoms with Crippen molar-refractivity contribution < 1.29 is 9.59 Å². The second-order valence-electron chi connectivity index (χ2n) is 6.81. The monoisotopic (exact) mass is 344 g/mol. The first-order valence-corrected chi connectivity index (χ1v) is 9.25. The van der Waals surface area contributed by atoms with E-state index in [2.05, 4.69) is 10.2 Å². The molecule has 6 heteroatoms. The van der Waals surface area contributed by atoms with Crippen LogP contribution in [0, 0.1) is 0 Å². The highest BCUT2D eigenvalue weighted by Gasteiger charge is 2.25. The standard InChI is InChI=1S/C19H28N4O2/c1-20-17-8-3-2-7-16(17)19(25)23-12-6-9-21(13-14-23)15-18(24)22-10-4-5-11-22/h2-3,7-8,20H,4-6,9-15H2,1H3. The number of benzene rings is 1. The number of rotatable bonds is 4. The predicted octanol–water partition coefficient (Wildman–Crippen LogP) is 1.50. The minimum Gasteiger partial charge on any atom is -0.387 e. The van der Waals surface area contributed by atoms with E-state index in [9.17, 15) is 9.59 Å². The minimum absolute atomic E-state index is 0.0673. The number of para-hydroxylation sites is 1. The summed E-state index contributed by atoms with van der Waals surface area (Å²) in [4.78, 5) is 31.3. The van der Waals surface area contributed by atoms with Crippen molar-refractivity contribution in [1.82, 2.24) is 14.7 Å². The molecule has 2 saturated heterocycles. The molecule has 0 aromatic heterocycles. The van der Waals surface area contributed by atoms with Gasteiger partial charge < -0.3 is 15.1 Å². The molecule has 6 nitrogen and oxygen atoms in total. The van der Waals surface area contributed by atoms with Crippen LogP contribution in [-0.4, -0.2) is 79.4 Å². The van der Waals surface area contributed by atoms with Gasteiger partial charge in [-0.2, -0.15) is 0 Å². The Morgan fingerprint density at radius 3 is 2.40 bits per heavy atom. The van der Waals surface area contributed by atoms with Crippen LogP contribution in [0.3, 0.4) is 0 Å². The third kappa shape index (κ3) is 4.31. The number of likely N-dealkylation sites (tertiary alicyclic amines) is 1. The van der Waals surface area contributed by atoms with Gasteiger partial charge in [-0.25, -0.2) is 0 Å². The van der Waals surface area contributed by atoms with Gasteiger partial charge in [0.15, 0.2) is 0 Å². The van der Waals surface area contributed by atoms with Gasteiger partial charge in [-0.3, -0.25) is 14.5 Å². The number of anilines is 1. The van der Waals surface area contributed by atoms with Crippen molar-refractivity contribution >= 4 is 17.5 Å². The molecule has 0 spiro atoms. The fraction of sp³-hybridized carbons (Fsp3) is 0.579. The van der Waals surface area contributed by atoms with Crippen molar-refractivity contribution in [2.75, 3.05) is 58.2 Å². The van der Waals surface area contributed by atoms with E-state index in [4.69, 9.17) is 0 Å². The van der Waals surface area contributed by atoms with E-state index in [1.165, 1.54) is 0 Å². The van der Waals surface area contributed by atoms with Crippen LogP contribution in [0.4, 0.5) is 5.69 Å². The molecule has 0 radical (unpaired) electrons. The topological polar surface area (TPSA) is 55.9 Å². The Kier molecular flexibility index (Phi) is 5.91. The number of nitrogens with zero attached hydrogens (tertiary/aromatic N) is 3. The normalized spacial score (nSPS) is 18.9. The highest BCUT2D eigenvalue weighted by atomic mass is 16.2. The first-order valence-electron chi connectivity index (χ1n) is 9.25. The third-order valence-electron chi connectivity index (χ3n) is 5.12. The second-order valence-corrected chi connectivity index (χ2v) is 6.81. The maximum atomic E-state index is 12.9. The molecule has 2 aliphatic rings. The molecular weight excluding hydrogens is 316 g/mol. The summed E-state index contributed by atoms with van der Waals surface area (Å²) in [6.07, 6.45) is 3.15. The molecule has 0 unspecified atom stereocenters. The molecule has 3 rings (SSSR count). The van der Waals surface area contributed by atoms with E-state index in [1.54, 1.807) is 0 Å². The van der Waals surface area contributed by atoms with Crippen LogP contribution in [0.5, 0.6) is 0 Å². The van der Waals surface area contributed by atoms with Crippen LogP contribution < -0.4 is 5.32 Å². The Labute approximate surface area is 149 Å². The molecule has 2 aliphatic heterocycles. The Morgan fingerprint density at radius 2 is 1.64 bits per heavy atom. The number of nitrogens with one attached hydrogen (secondary N) is 1. The highest BCUT2D eigenvalue weighted by molar-refractivity contribution is 5.99. The van der Waals surface area contributed by atoms with E-state index in [1.807, 2.05) is 41.1 Å². The summed E-state index contributed by atoms with van der Waals surface area (Å²) in [6.45, 7) is 5.32. The van der Waals surface area contributed by atoms with E-state index in [0.717, 1.165) is 57.7 Å². The van der Waals surface area contributed by atoms with Gasteiger partial charge in [0, 0.05) is 52.0 Å². The lowest BCUT2D eigenvalue weighted by Crippen LogP contribution is -2.41. The van der Waals surface area contributed by atoms with Gasteiger partial charge in [0.05, 0.1) is 12.1 Å². The lowest BCUT2D eigenvalue weighted by atomic mass is 10.1. The average Bonchev–Trinajstić information content (AvgIpc) is 3.09. The largest absolute Gasteiger partial charge is 0.387 e. The molecule has 1 aromatic rings. The number of amides is 2. The molecule has 2 heterocycles. The van der Waals surface area contributed by atoms with Crippen molar-refractivity contribution in [3.8, 4) is 0 Å². The molecule has 0 bridgehead atoms. The number of hydrogen-bond acceptors (Lipinski definition) is 4. The van der Waals surface area contributed by atoms with Gasteiger partial charge in [-0.05, 0) is 31.4 Å². The molecular formula is C19H28N4O2. The van der Waals surface area contributed by atoms with E-state index < -0.39 is 0 Å². The van der Waals surface area contributed by atoms with Gasteiger partial charge >= 0.3 is 0 Å². The summed E-state index contributed by atoms with van der Waals surface area (Å²) in [6, 6.07) is 7.61. The fourth-order valence-corrected chi connectivity index (χ4v) is 3.65. The number of carbonyl (C=O) groups excluding carboxylic acids is 2. The van der Waals surface area contributed by atoms with Crippen LogP contribution in [0.25, 0.3) is 0 Å². The van der Waals surface area contributed by atoms with Crippen LogP contribution in [0.1, 0.15) is 29.6 Å². The predicted molar refractivity (Wildman–Crippen MR) is 98.8 cm³/mol. The van der Waals surface area contributed by atoms with Crippen molar-refractivity contribution in [2.45, 2.75) is 19.3 Å². The second kappa shape index (κ2) is 8.34. The summed E-state index contributed by atoms with van der Waals surface area (Å²) < 4.78 is 0. The van der Waals surface area contributed by atoms with Crippen LogP contribution in [0.15, 0.2) is 24.3 Å². The summed E-state index contributed by atoms with van der Waals surface area (Å²) >= 11 is 0. The van der Waals surface area contributed by atoms with Gasteiger partial charge in [0.1, 0.15) is 0 Å². The zero-order valence-corrected chi connectivity index (χ0v) is 15.0. The minimum atomic E-state index is 0.0673. The summed E-state index contributed by atoms with van der Waals surface area (Å²) in [5.41, 5.74) is 1.57. The number of carbonyl (C=O) groups is 2.